The van der Waals surface area contributed by atoms with Gasteiger partial charge in [-0.15, -0.1) is 0 Å². The van der Waals surface area contributed by atoms with Crippen LogP contribution < -0.4 is 5.32 Å². The SMILES string of the molecule is CCc1cc2c(c(C(F)(F)F)c1)C(=O)N[C@@H]1CN(Cl)C[C@@H]21. The summed E-state index contributed by atoms with van der Waals surface area (Å²) in [6, 6.07) is 2.57. The molecule has 1 saturated heterocycles. The molecule has 0 radical (unpaired) electrons. The number of fused-ring (bicyclic) bond motifs is 3. The van der Waals surface area contributed by atoms with Crippen molar-refractivity contribution in [1.82, 2.24) is 9.74 Å². The monoisotopic (exact) mass is 318 g/mol. The van der Waals surface area contributed by atoms with Crippen molar-refractivity contribution >= 4 is 17.7 Å². The molecule has 0 saturated carbocycles. The van der Waals surface area contributed by atoms with Crippen LogP contribution in [0.1, 0.15) is 39.9 Å². The van der Waals surface area contributed by atoms with Gasteiger partial charge in [0.05, 0.1) is 17.2 Å². The molecule has 7 heteroatoms. The standard InChI is InChI=1S/C14H14ClF3N2O/c1-2-7-3-8-9-5-20(15)6-11(9)19-13(21)12(8)10(4-7)14(16,17)18/h3-4,9,11H,2,5-6H2,1H3,(H,19,21)/t9-,11+/m0/s1. The Morgan fingerprint density at radius 3 is 2.71 bits per heavy atom. The Morgan fingerprint density at radius 2 is 2.10 bits per heavy atom. The van der Waals surface area contributed by atoms with Crippen molar-refractivity contribution in [2.75, 3.05) is 13.1 Å². The first-order chi connectivity index (χ1) is 9.81. The fourth-order valence-electron chi connectivity index (χ4n) is 3.16. The Morgan fingerprint density at radius 1 is 1.38 bits per heavy atom. The van der Waals surface area contributed by atoms with Crippen LogP contribution >= 0.6 is 11.8 Å². The Bertz CT molecular complexity index is 603. The van der Waals surface area contributed by atoms with E-state index >= 15 is 0 Å². The summed E-state index contributed by atoms with van der Waals surface area (Å²) < 4.78 is 41.3. The number of carbonyl (C=O) groups is 1. The maximum Gasteiger partial charge on any atom is 0.417 e. The zero-order valence-corrected chi connectivity index (χ0v) is 12.1. The second-order valence-corrected chi connectivity index (χ2v) is 5.95. The second kappa shape index (κ2) is 4.88. The van der Waals surface area contributed by atoms with Crippen LogP contribution in [0.2, 0.25) is 0 Å². The summed E-state index contributed by atoms with van der Waals surface area (Å²) in [6.45, 7) is 2.67. The molecular formula is C14H14ClF3N2O. The molecular weight excluding hydrogens is 305 g/mol. The van der Waals surface area contributed by atoms with Crippen LogP contribution in [0.4, 0.5) is 13.2 Å². The molecule has 2 aliphatic heterocycles. The topological polar surface area (TPSA) is 32.3 Å². The number of amides is 1. The molecule has 0 bridgehead atoms. The molecule has 1 aromatic carbocycles. The summed E-state index contributed by atoms with van der Waals surface area (Å²) >= 11 is 5.96. The van der Waals surface area contributed by atoms with E-state index in [1.165, 1.54) is 4.42 Å². The number of alkyl halides is 3. The number of hydrogen-bond donors (Lipinski definition) is 1. The van der Waals surface area contributed by atoms with Gasteiger partial charge in [0, 0.05) is 19.0 Å². The quantitative estimate of drug-likeness (QED) is 0.808. The highest BCUT2D eigenvalue weighted by Crippen LogP contribution is 2.41. The van der Waals surface area contributed by atoms with Crippen LogP contribution in [0, 0.1) is 0 Å². The molecule has 2 atom stereocenters. The van der Waals surface area contributed by atoms with Crippen molar-refractivity contribution in [2.24, 2.45) is 0 Å². The molecule has 1 fully saturated rings. The molecule has 21 heavy (non-hydrogen) atoms. The summed E-state index contributed by atoms with van der Waals surface area (Å²) in [5.41, 5.74) is -0.0325. The number of nitrogens with one attached hydrogen (secondary N) is 1. The fraction of sp³-hybridized carbons (Fsp3) is 0.500. The average molecular weight is 319 g/mol. The number of rotatable bonds is 1. The van der Waals surface area contributed by atoms with Gasteiger partial charge in [-0.25, -0.2) is 4.42 Å². The van der Waals surface area contributed by atoms with E-state index in [2.05, 4.69) is 5.32 Å². The molecule has 0 spiro atoms. The van der Waals surface area contributed by atoms with Crippen molar-refractivity contribution in [3.63, 3.8) is 0 Å². The van der Waals surface area contributed by atoms with Crippen LogP contribution in [-0.2, 0) is 12.6 Å². The summed E-state index contributed by atoms with van der Waals surface area (Å²) in [7, 11) is 0. The van der Waals surface area contributed by atoms with Crippen molar-refractivity contribution < 1.29 is 18.0 Å². The van der Waals surface area contributed by atoms with Gasteiger partial charge in [-0.05, 0) is 35.4 Å². The number of hydrogen-bond acceptors (Lipinski definition) is 2. The molecule has 1 N–H and O–H groups in total. The number of carbonyl (C=O) groups excluding carboxylic acids is 1. The number of halogens is 4. The average Bonchev–Trinajstić information content (AvgIpc) is 2.77. The molecule has 3 rings (SSSR count). The van der Waals surface area contributed by atoms with Gasteiger partial charge in [-0.1, -0.05) is 13.0 Å². The summed E-state index contributed by atoms with van der Waals surface area (Å²) in [5, 5.41) is 2.65. The van der Waals surface area contributed by atoms with E-state index in [0.717, 1.165) is 6.07 Å². The van der Waals surface area contributed by atoms with Gasteiger partial charge in [-0.3, -0.25) is 4.79 Å². The molecule has 1 aromatic rings. The minimum Gasteiger partial charge on any atom is -0.347 e. The van der Waals surface area contributed by atoms with Crippen LogP contribution in [0.25, 0.3) is 0 Å². The fourth-order valence-corrected chi connectivity index (χ4v) is 3.46. The molecule has 0 aromatic heterocycles. The van der Waals surface area contributed by atoms with Gasteiger partial charge >= 0.3 is 6.18 Å². The third-order valence-corrected chi connectivity index (χ3v) is 4.44. The van der Waals surface area contributed by atoms with Gasteiger partial charge < -0.3 is 5.32 Å². The van der Waals surface area contributed by atoms with Crippen LogP contribution in [0.5, 0.6) is 0 Å². The lowest BCUT2D eigenvalue weighted by Crippen LogP contribution is -2.45. The first kappa shape index (κ1) is 14.7. The Hall–Kier alpha value is -1.27. The predicted molar refractivity (Wildman–Crippen MR) is 72.2 cm³/mol. The minimum absolute atomic E-state index is 0.192. The Labute approximate surface area is 125 Å². The van der Waals surface area contributed by atoms with Gasteiger partial charge in [0.25, 0.3) is 5.91 Å². The summed E-state index contributed by atoms with van der Waals surface area (Å²) in [6.07, 6.45) is -4.06. The molecule has 114 valence electrons. The van der Waals surface area contributed by atoms with Gasteiger partial charge in [0.15, 0.2) is 0 Å². The van der Waals surface area contributed by atoms with Crippen LogP contribution in [-0.4, -0.2) is 29.5 Å². The first-order valence-electron chi connectivity index (χ1n) is 6.77. The smallest absolute Gasteiger partial charge is 0.347 e. The van der Waals surface area contributed by atoms with Gasteiger partial charge in [-0.2, -0.15) is 13.2 Å². The number of aryl methyl sites for hydroxylation is 1. The van der Waals surface area contributed by atoms with Crippen molar-refractivity contribution in [3.05, 3.63) is 34.4 Å². The molecule has 3 nitrogen and oxygen atoms in total. The van der Waals surface area contributed by atoms with E-state index in [0.29, 0.717) is 30.6 Å². The van der Waals surface area contributed by atoms with E-state index in [4.69, 9.17) is 11.8 Å². The van der Waals surface area contributed by atoms with E-state index < -0.39 is 17.6 Å². The second-order valence-electron chi connectivity index (χ2n) is 5.47. The van der Waals surface area contributed by atoms with Crippen LogP contribution in [0.3, 0.4) is 0 Å². The number of benzene rings is 1. The Kier molecular flexibility index (Phi) is 3.41. The molecule has 0 aliphatic carbocycles. The normalized spacial score (nSPS) is 25.5. The predicted octanol–water partition coefficient (Wildman–Crippen LogP) is 2.93. The largest absolute Gasteiger partial charge is 0.417 e. The van der Waals surface area contributed by atoms with Gasteiger partial charge in [0.1, 0.15) is 0 Å². The van der Waals surface area contributed by atoms with E-state index in [-0.39, 0.29) is 17.5 Å². The lowest BCUT2D eigenvalue weighted by Gasteiger charge is -2.30. The summed E-state index contributed by atoms with van der Waals surface area (Å²) in [4.78, 5) is 12.1. The zero-order valence-electron chi connectivity index (χ0n) is 11.3. The lowest BCUT2D eigenvalue weighted by molar-refractivity contribution is -0.138. The maximum atomic E-state index is 13.3. The molecule has 0 unspecified atom stereocenters. The maximum absolute atomic E-state index is 13.3. The number of nitrogens with zero attached hydrogens (tertiary/aromatic N) is 1. The van der Waals surface area contributed by atoms with Crippen molar-refractivity contribution in [3.8, 4) is 0 Å². The van der Waals surface area contributed by atoms with Crippen molar-refractivity contribution in [1.29, 1.82) is 0 Å². The highest BCUT2D eigenvalue weighted by Gasteiger charge is 2.45. The lowest BCUT2D eigenvalue weighted by atomic mass is 9.82. The third kappa shape index (κ3) is 2.40. The first-order valence-corrected chi connectivity index (χ1v) is 7.10. The highest BCUT2D eigenvalue weighted by atomic mass is 35.5. The van der Waals surface area contributed by atoms with E-state index in [1.54, 1.807) is 13.0 Å². The van der Waals surface area contributed by atoms with E-state index in [1.807, 2.05) is 0 Å². The van der Waals surface area contributed by atoms with Crippen molar-refractivity contribution in [2.45, 2.75) is 31.5 Å². The van der Waals surface area contributed by atoms with Gasteiger partial charge in [0.2, 0.25) is 0 Å². The molecule has 2 heterocycles. The molecule has 1 amide bonds. The third-order valence-electron chi connectivity index (χ3n) is 4.16. The summed E-state index contributed by atoms with van der Waals surface area (Å²) in [5.74, 6) is -0.851. The van der Waals surface area contributed by atoms with E-state index in [9.17, 15) is 18.0 Å². The Balaban J connectivity index is 2.21. The van der Waals surface area contributed by atoms with Crippen LogP contribution in [0.15, 0.2) is 12.1 Å². The zero-order chi connectivity index (χ0) is 15.4. The highest BCUT2D eigenvalue weighted by molar-refractivity contribution is 6.13. The molecule has 2 aliphatic rings. The minimum atomic E-state index is -4.54.